The zero-order valence-corrected chi connectivity index (χ0v) is 20.7. The van der Waals surface area contributed by atoms with Gasteiger partial charge in [-0.25, -0.2) is 13.1 Å². The number of carbonyl (C=O) groups is 1. The maximum atomic E-state index is 13.4. The molecule has 0 bridgehead atoms. The van der Waals surface area contributed by atoms with Crippen LogP contribution < -0.4 is 10.1 Å². The van der Waals surface area contributed by atoms with Crippen molar-refractivity contribution in [2.24, 2.45) is 0 Å². The van der Waals surface area contributed by atoms with Crippen LogP contribution in [0.3, 0.4) is 0 Å². The molecule has 0 spiro atoms. The summed E-state index contributed by atoms with van der Waals surface area (Å²) in [6, 6.07) is 15.9. The Bertz CT molecular complexity index is 1330. The van der Waals surface area contributed by atoms with Gasteiger partial charge in [0.2, 0.25) is 10.0 Å². The molecule has 1 aliphatic heterocycles. The topological polar surface area (TPSA) is 96.8 Å². The van der Waals surface area contributed by atoms with Crippen LogP contribution in [0.25, 0.3) is 5.69 Å². The highest BCUT2D eigenvalue weighted by Gasteiger charge is 2.30. The molecule has 0 radical (unpaired) electrons. The van der Waals surface area contributed by atoms with Gasteiger partial charge in [0.1, 0.15) is 11.4 Å². The number of nitrogens with zero attached hydrogens (tertiary/aromatic N) is 4. The quantitative estimate of drug-likeness (QED) is 0.541. The van der Waals surface area contributed by atoms with Crippen LogP contribution >= 0.6 is 0 Å². The number of hydrogen-bond acceptors (Lipinski definition) is 6. The van der Waals surface area contributed by atoms with Crippen molar-refractivity contribution in [3.8, 4) is 11.4 Å². The fraction of sp³-hybridized carbons (Fsp3) is 0.360. The average Bonchev–Trinajstić information content (AvgIpc) is 3.62. The highest BCUT2D eigenvalue weighted by atomic mass is 32.2. The molecule has 184 valence electrons. The smallest absolute Gasteiger partial charge is 0.274 e. The molecule has 2 aromatic carbocycles. The minimum atomic E-state index is -3.70. The second kappa shape index (κ2) is 9.44. The molecule has 0 unspecified atom stereocenters. The summed E-state index contributed by atoms with van der Waals surface area (Å²) in [5.74, 6) is 0.364. The predicted molar refractivity (Wildman–Crippen MR) is 133 cm³/mol. The molecule has 3 aromatic rings. The number of piperazine rings is 1. The molecule has 1 saturated heterocycles. The van der Waals surface area contributed by atoms with Crippen molar-refractivity contribution in [2.45, 2.75) is 23.7 Å². The van der Waals surface area contributed by atoms with E-state index in [0.717, 1.165) is 24.2 Å². The lowest BCUT2D eigenvalue weighted by Crippen LogP contribution is -2.47. The van der Waals surface area contributed by atoms with E-state index in [2.05, 4.69) is 15.3 Å². The van der Waals surface area contributed by atoms with Gasteiger partial charge in [0.15, 0.2) is 0 Å². The Kier molecular flexibility index (Phi) is 6.35. The fourth-order valence-electron chi connectivity index (χ4n) is 4.21. The molecule has 5 rings (SSSR count). The van der Waals surface area contributed by atoms with Crippen molar-refractivity contribution in [3.05, 3.63) is 66.0 Å². The number of nitrogens with one attached hydrogen (secondary N) is 1. The molecule has 1 saturated carbocycles. The van der Waals surface area contributed by atoms with E-state index in [1.165, 1.54) is 23.5 Å². The third kappa shape index (κ3) is 4.82. The zero-order chi connectivity index (χ0) is 24.6. The summed E-state index contributed by atoms with van der Waals surface area (Å²) in [6.07, 6.45) is 2.12. The summed E-state index contributed by atoms with van der Waals surface area (Å²) in [7, 11) is -0.244. The number of likely N-dealkylation sites (N-methyl/N-ethyl adjacent to an activating group) is 1. The SMILES string of the molecule is COc1ccc(S(=O)(=O)N2CCN(C)CC2)cc1NC(=O)c1cc(C2CC2)nn1-c1ccccc1. The van der Waals surface area contributed by atoms with E-state index in [0.29, 0.717) is 49.2 Å². The molecule has 0 atom stereocenters. The molecule has 1 aliphatic carbocycles. The average molecular weight is 496 g/mol. The molecule has 2 fully saturated rings. The van der Waals surface area contributed by atoms with E-state index in [1.807, 2.05) is 43.4 Å². The van der Waals surface area contributed by atoms with Crippen LogP contribution in [0.4, 0.5) is 5.69 Å². The van der Waals surface area contributed by atoms with Crippen LogP contribution in [0.15, 0.2) is 59.5 Å². The summed E-state index contributed by atoms with van der Waals surface area (Å²) >= 11 is 0. The molecule has 9 nitrogen and oxygen atoms in total. The van der Waals surface area contributed by atoms with Crippen molar-refractivity contribution >= 4 is 21.6 Å². The van der Waals surface area contributed by atoms with Crippen LogP contribution in [-0.2, 0) is 10.0 Å². The molecule has 1 N–H and O–H groups in total. The summed E-state index contributed by atoms with van der Waals surface area (Å²) in [6.45, 7) is 2.19. The predicted octanol–water partition coefficient (Wildman–Crippen LogP) is 2.95. The Balaban J connectivity index is 1.46. The Hall–Kier alpha value is -3.21. The maximum absolute atomic E-state index is 13.4. The lowest BCUT2D eigenvalue weighted by atomic mass is 10.2. The van der Waals surface area contributed by atoms with Gasteiger partial charge < -0.3 is 15.0 Å². The fourth-order valence-corrected chi connectivity index (χ4v) is 5.66. The van der Waals surface area contributed by atoms with Crippen LogP contribution in [0.5, 0.6) is 5.75 Å². The largest absolute Gasteiger partial charge is 0.495 e. The summed E-state index contributed by atoms with van der Waals surface area (Å²) < 4.78 is 35.1. The molecule has 2 heterocycles. The summed E-state index contributed by atoms with van der Waals surface area (Å²) in [4.78, 5) is 15.7. The van der Waals surface area contributed by atoms with Gasteiger partial charge in [-0.3, -0.25) is 4.79 Å². The molecule has 10 heteroatoms. The van der Waals surface area contributed by atoms with Gasteiger partial charge in [-0.05, 0) is 56.3 Å². The van der Waals surface area contributed by atoms with E-state index in [4.69, 9.17) is 4.74 Å². The summed E-state index contributed by atoms with van der Waals surface area (Å²) in [5, 5.41) is 7.56. The first kappa shape index (κ1) is 23.5. The van der Waals surface area contributed by atoms with Crippen LogP contribution in [-0.4, -0.2) is 73.6 Å². The molecule has 2 aliphatic rings. The minimum Gasteiger partial charge on any atom is -0.495 e. The number of amides is 1. The van der Waals surface area contributed by atoms with E-state index >= 15 is 0 Å². The van der Waals surface area contributed by atoms with Gasteiger partial charge >= 0.3 is 0 Å². The monoisotopic (exact) mass is 495 g/mol. The minimum absolute atomic E-state index is 0.119. The van der Waals surface area contributed by atoms with Crippen LogP contribution in [0, 0.1) is 0 Å². The molecular weight excluding hydrogens is 466 g/mol. The van der Waals surface area contributed by atoms with Crippen molar-refractivity contribution in [3.63, 3.8) is 0 Å². The number of benzene rings is 2. The van der Waals surface area contributed by atoms with Gasteiger partial charge in [0, 0.05) is 32.1 Å². The number of ether oxygens (including phenoxy) is 1. The standard InChI is InChI=1S/C25H29N5O4S/c1-28-12-14-29(15-13-28)35(32,33)20-10-11-24(34-2)22(16-20)26-25(31)23-17-21(18-8-9-18)27-30(23)19-6-4-3-5-7-19/h3-7,10-11,16-18H,8-9,12-15H2,1-2H3,(H,26,31). The number of aromatic nitrogens is 2. The third-order valence-electron chi connectivity index (χ3n) is 6.48. The van der Waals surface area contributed by atoms with E-state index in [-0.39, 0.29) is 10.8 Å². The van der Waals surface area contributed by atoms with E-state index in [1.54, 1.807) is 10.7 Å². The van der Waals surface area contributed by atoms with E-state index < -0.39 is 10.0 Å². The van der Waals surface area contributed by atoms with Crippen molar-refractivity contribution < 1.29 is 17.9 Å². The maximum Gasteiger partial charge on any atom is 0.274 e. The van der Waals surface area contributed by atoms with E-state index in [9.17, 15) is 13.2 Å². The number of anilines is 1. The van der Waals surface area contributed by atoms with Crippen molar-refractivity contribution in [2.75, 3.05) is 45.7 Å². The number of para-hydroxylation sites is 1. The Morgan fingerprint density at radius 1 is 1.03 bits per heavy atom. The lowest BCUT2D eigenvalue weighted by Gasteiger charge is -2.31. The highest BCUT2D eigenvalue weighted by molar-refractivity contribution is 7.89. The van der Waals surface area contributed by atoms with Gasteiger partial charge in [-0.15, -0.1) is 0 Å². The number of sulfonamides is 1. The second-order valence-electron chi connectivity index (χ2n) is 9.00. The van der Waals surface area contributed by atoms with Gasteiger partial charge in [0.25, 0.3) is 5.91 Å². The Morgan fingerprint density at radius 3 is 2.40 bits per heavy atom. The Labute approximate surface area is 205 Å². The van der Waals surface area contributed by atoms with Gasteiger partial charge in [0.05, 0.1) is 29.1 Å². The number of rotatable bonds is 7. The van der Waals surface area contributed by atoms with Gasteiger partial charge in [-0.2, -0.15) is 9.40 Å². The molecular formula is C25H29N5O4S. The van der Waals surface area contributed by atoms with Crippen molar-refractivity contribution in [1.29, 1.82) is 0 Å². The first-order valence-corrected chi connectivity index (χ1v) is 13.1. The zero-order valence-electron chi connectivity index (χ0n) is 19.8. The first-order valence-electron chi connectivity index (χ1n) is 11.7. The normalized spacial score (nSPS) is 17.3. The summed E-state index contributed by atoms with van der Waals surface area (Å²) in [5.41, 5.74) is 2.34. The molecule has 1 amide bonds. The van der Waals surface area contributed by atoms with Crippen molar-refractivity contribution in [1.82, 2.24) is 19.0 Å². The number of methoxy groups -OCH3 is 1. The number of carbonyl (C=O) groups excluding carboxylic acids is 1. The first-order chi connectivity index (χ1) is 16.9. The number of hydrogen-bond donors (Lipinski definition) is 1. The van der Waals surface area contributed by atoms with Crippen LogP contribution in [0.2, 0.25) is 0 Å². The molecule has 35 heavy (non-hydrogen) atoms. The molecule has 1 aromatic heterocycles. The Morgan fingerprint density at radius 2 is 1.74 bits per heavy atom. The van der Waals surface area contributed by atoms with Crippen LogP contribution in [0.1, 0.15) is 34.9 Å². The highest BCUT2D eigenvalue weighted by Crippen LogP contribution is 2.40. The second-order valence-corrected chi connectivity index (χ2v) is 10.9. The van der Waals surface area contributed by atoms with Gasteiger partial charge in [-0.1, -0.05) is 18.2 Å². The lowest BCUT2D eigenvalue weighted by molar-refractivity contribution is 0.101. The third-order valence-corrected chi connectivity index (χ3v) is 8.37.